The van der Waals surface area contributed by atoms with Gasteiger partial charge in [-0.1, -0.05) is 6.92 Å². The third kappa shape index (κ3) is 5.07. The normalized spacial score (nSPS) is 17.1. The minimum Gasteiger partial charge on any atom is -0.452 e. The number of hydrogen-bond donors (Lipinski definition) is 2. The van der Waals surface area contributed by atoms with Gasteiger partial charge in [0.1, 0.15) is 10.7 Å². The zero-order chi connectivity index (χ0) is 15.5. The summed E-state index contributed by atoms with van der Waals surface area (Å²) in [5.74, 6) is 0.713. The molecule has 6 nitrogen and oxygen atoms in total. The number of rotatable bonds is 9. The van der Waals surface area contributed by atoms with E-state index >= 15 is 0 Å². The van der Waals surface area contributed by atoms with Gasteiger partial charge in [0.05, 0.1) is 6.54 Å². The number of methoxy groups -OCH3 is 1. The van der Waals surface area contributed by atoms with Crippen LogP contribution >= 0.6 is 15.9 Å². The van der Waals surface area contributed by atoms with Crippen LogP contribution in [0.15, 0.2) is 20.0 Å². The molecule has 0 spiro atoms. The summed E-state index contributed by atoms with van der Waals surface area (Å²) in [6.45, 7) is 3.29. The minimum atomic E-state index is -3.58. The Labute approximate surface area is 133 Å². The number of halogens is 1. The van der Waals surface area contributed by atoms with Gasteiger partial charge in [-0.2, -0.15) is 0 Å². The van der Waals surface area contributed by atoms with Gasteiger partial charge in [-0.3, -0.25) is 0 Å². The quantitative estimate of drug-likeness (QED) is 0.683. The van der Waals surface area contributed by atoms with E-state index in [0.717, 1.165) is 0 Å². The van der Waals surface area contributed by atoms with E-state index in [1.807, 2.05) is 6.92 Å². The van der Waals surface area contributed by atoms with Crippen LogP contribution in [0.3, 0.4) is 0 Å². The molecule has 0 saturated heterocycles. The fourth-order valence-corrected chi connectivity index (χ4v) is 4.03. The Hall–Kier alpha value is -0.410. The predicted molar refractivity (Wildman–Crippen MR) is 82.5 cm³/mol. The van der Waals surface area contributed by atoms with E-state index in [4.69, 9.17) is 9.15 Å². The lowest BCUT2D eigenvalue weighted by Gasteiger charge is -2.11. The van der Waals surface area contributed by atoms with E-state index in [0.29, 0.717) is 31.5 Å². The van der Waals surface area contributed by atoms with Crippen LogP contribution in [0.4, 0.5) is 0 Å². The summed E-state index contributed by atoms with van der Waals surface area (Å²) in [6.07, 6.45) is 2.35. The highest BCUT2D eigenvalue weighted by molar-refractivity contribution is 9.10. The average molecular weight is 381 g/mol. The molecular formula is C13H21BrN2O4S. The smallest absolute Gasteiger partial charge is 0.244 e. The fraction of sp³-hybridized carbons (Fsp3) is 0.692. The van der Waals surface area contributed by atoms with E-state index in [2.05, 4.69) is 26.0 Å². The average Bonchev–Trinajstić information content (AvgIpc) is 3.17. The minimum absolute atomic E-state index is 0.103. The topological polar surface area (TPSA) is 80.6 Å². The molecule has 21 heavy (non-hydrogen) atoms. The molecule has 2 N–H and O–H groups in total. The summed E-state index contributed by atoms with van der Waals surface area (Å²) in [4.78, 5) is 0.139. The Balaban J connectivity index is 1.97. The highest BCUT2D eigenvalue weighted by Crippen LogP contribution is 2.27. The molecule has 0 radical (unpaired) electrons. The van der Waals surface area contributed by atoms with Gasteiger partial charge in [0.25, 0.3) is 0 Å². The number of ether oxygens (including phenoxy) is 1. The maximum absolute atomic E-state index is 12.3. The number of sulfonamides is 1. The van der Waals surface area contributed by atoms with Crippen molar-refractivity contribution in [2.45, 2.75) is 37.2 Å². The third-order valence-electron chi connectivity index (χ3n) is 3.21. The predicted octanol–water partition coefficient (Wildman–Crippen LogP) is 1.85. The van der Waals surface area contributed by atoms with E-state index in [1.54, 1.807) is 13.2 Å². The Bertz CT molecular complexity index is 569. The highest BCUT2D eigenvalue weighted by Gasteiger charge is 2.25. The molecule has 1 aliphatic carbocycles. The zero-order valence-electron chi connectivity index (χ0n) is 12.2. The molecule has 0 bridgehead atoms. The first-order valence-electron chi connectivity index (χ1n) is 6.92. The van der Waals surface area contributed by atoms with Gasteiger partial charge in [0, 0.05) is 32.4 Å². The zero-order valence-corrected chi connectivity index (χ0v) is 14.6. The molecule has 1 aromatic rings. The van der Waals surface area contributed by atoms with Crippen LogP contribution in [-0.4, -0.2) is 34.7 Å². The second kappa shape index (κ2) is 7.23. The van der Waals surface area contributed by atoms with Crippen LogP contribution in [0.5, 0.6) is 0 Å². The van der Waals surface area contributed by atoms with Crippen molar-refractivity contribution >= 4 is 26.0 Å². The first-order valence-corrected chi connectivity index (χ1v) is 9.20. The molecule has 8 heteroatoms. The van der Waals surface area contributed by atoms with Crippen LogP contribution in [0.25, 0.3) is 0 Å². The SMILES string of the molecule is COCC(C)CNS(=O)(=O)c1cc(CNC2CC2)oc1Br. The van der Waals surface area contributed by atoms with E-state index in [1.165, 1.54) is 12.8 Å². The Morgan fingerprint density at radius 3 is 2.86 bits per heavy atom. The van der Waals surface area contributed by atoms with Crippen molar-refractivity contribution in [2.75, 3.05) is 20.3 Å². The first kappa shape index (κ1) is 17.0. The lowest BCUT2D eigenvalue weighted by molar-refractivity contribution is 0.161. The number of furan rings is 1. The van der Waals surface area contributed by atoms with Crippen LogP contribution in [0.2, 0.25) is 0 Å². The van der Waals surface area contributed by atoms with Crippen molar-refractivity contribution in [1.82, 2.24) is 10.0 Å². The Kier molecular flexibility index (Phi) is 5.84. The molecule has 0 amide bonds. The Morgan fingerprint density at radius 1 is 1.52 bits per heavy atom. The van der Waals surface area contributed by atoms with Crippen LogP contribution < -0.4 is 10.0 Å². The monoisotopic (exact) mass is 380 g/mol. The van der Waals surface area contributed by atoms with Crippen molar-refractivity contribution in [3.05, 3.63) is 16.5 Å². The van der Waals surface area contributed by atoms with Gasteiger partial charge in [0.2, 0.25) is 10.0 Å². The molecule has 1 unspecified atom stereocenters. The fourth-order valence-electron chi connectivity index (χ4n) is 1.87. The molecular weight excluding hydrogens is 360 g/mol. The van der Waals surface area contributed by atoms with Crippen molar-refractivity contribution in [1.29, 1.82) is 0 Å². The summed E-state index contributed by atoms with van der Waals surface area (Å²) in [7, 11) is -1.99. The second-order valence-corrected chi connectivity index (χ2v) is 7.87. The summed E-state index contributed by atoms with van der Waals surface area (Å²) in [5, 5.41) is 3.29. The van der Waals surface area contributed by atoms with Gasteiger partial charge in [-0.05, 0) is 34.7 Å². The van der Waals surface area contributed by atoms with E-state index in [9.17, 15) is 8.42 Å². The number of hydrogen-bond acceptors (Lipinski definition) is 5. The molecule has 1 atom stereocenters. The van der Waals surface area contributed by atoms with Gasteiger partial charge in [-0.15, -0.1) is 0 Å². The molecule has 120 valence electrons. The van der Waals surface area contributed by atoms with Crippen molar-refractivity contribution in [3.8, 4) is 0 Å². The van der Waals surface area contributed by atoms with Gasteiger partial charge >= 0.3 is 0 Å². The maximum Gasteiger partial charge on any atom is 0.244 e. The molecule has 0 aromatic carbocycles. The molecule has 2 rings (SSSR count). The molecule has 1 saturated carbocycles. The third-order valence-corrected chi connectivity index (χ3v) is 5.49. The Morgan fingerprint density at radius 2 is 2.24 bits per heavy atom. The molecule has 1 fully saturated rings. The number of nitrogens with one attached hydrogen (secondary N) is 2. The summed E-state index contributed by atoms with van der Waals surface area (Å²) in [5.41, 5.74) is 0. The summed E-state index contributed by atoms with van der Waals surface area (Å²) >= 11 is 3.18. The summed E-state index contributed by atoms with van der Waals surface area (Å²) < 4.78 is 37.8. The maximum atomic E-state index is 12.3. The second-order valence-electron chi connectivity index (χ2n) is 5.42. The first-order chi connectivity index (χ1) is 9.92. The van der Waals surface area contributed by atoms with E-state index in [-0.39, 0.29) is 15.5 Å². The van der Waals surface area contributed by atoms with Crippen molar-refractivity contribution < 1.29 is 17.6 Å². The van der Waals surface area contributed by atoms with Crippen molar-refractivity contribution in [3.63, 3.8) is 0 Å². The van der Waals surface area contributed by atoms with Crippen molar-refractivity contribution in [2.24, 2.45) is 5.92 Å². The van der Waals surface area contributed by atoms with Gasteiger partial charge in [0.15, 0.2) is 4.67 Å². The molecule has 1 aromatic heterocycles. The highest BCUT2D eigenvalue weighted by atomic mass is 79.9. The largest absolute Gasteiger partial charge is 0.452 e. The van der Waals surface area contributed by atoms with Gasteiger partial charge in [-0.25, -0.2) is 13.1 Å². The molecule has 1 heterocycles. The molecule has 1 aliphatic rings. The van der Waals surface area contributed by atoms with Crippen LogP contribution in [0.1, 0.15) is 25.5 Å². The van der Waals surface area contributed by atoms with E-state index < -0.39 is 10.0 Å². The standard InChI is InChI=1S/C13H21BrN2O4S/c1-9(8-19-2)6-16-21(17,18)12-5-11(20-13(12)14)7-15-10-3-4-10/h5,9-10,15-16H,3-4,6-8H2,1-2H3. The molecule has 0 aliphatic heterocycles. The lowest BCUT2D eigenvalue weighted by Crippen LogP contribution is -2.30. The summed E-state index contributed by atoms with van der Waals surface area (Å²) in [6, 6.07) is 2.10. The van der Waals surface area contributed by atoms with Crippen LogP contribution in [-0.2, 0) is 21.3 Å². The lowest BCUT2D eigenvalue weighted by atomic mass is 10.2. The van der Waals surface area contributed by atoms with Crippen LogP contribution in [0, 0.1) is 5.92 Å². The van der Waals surface area contributed by atoms with Gasteiger partial charge < -0.3 is 14.5 Å².